The van der Waals surface area contributed by atoms with Crippen molar-refractivity contribution in [3.05, 3.63) is 221 Å². The smallest absolute Gasteiger partial charge is 0.0746 e. The van der Waals surface area contributed by atoms with Crippen LogP contribution in [0, 0.1) is 0 Å². The zero-order chi connectivity index (χ0) is 36.1. The summed E-state index contributed by atoms with van der Waals surface area (Å²) in [6, 6.07) is 71.1. The fraction of sp³-hybridized carbons (Fsp3) is 0.111. The maximum Gasteiger partial charge on any atom is 0.0746 e. The number of hydrogen-bond donors (Lipinski definition) is 0. The lowest BCUT2D eigenvalue weighted by Crippen LogP contribution is -2.28. The van der Waals surface area contributed by atoms with E-state index < -0.39 is 5.41 Å². The number of nitrogens with zero attached hydrogens (tertiary/aromatic N) is 1. The minimum atomic E-state index is -0.477. The molecule has 1 saturated carbocycles. The van der Waals surface area contributed by atoms with Crippen molar-refractivity contribution < 1.29 is 0 Å². The molecule has 0 bridgehead atoms. The van der Waals surface area contributed by atoms with Crippen LogP contribution in [0.3, 0.4) is 0 Å². The summed E-state index contributed by atoms with van der Waals surface area (Å²) in [6.45, 7) is 0. The summed E-state index contributed by atoms with van der Waals surface area (Å²) in [4.78, 5) is 2.62. The highest BCUT2D eigenvalue weighted by atomic mass is 15.1. The third-order valence-electron chi connectivity index (χ3n) is 13.4. The van der Waals surface area contributed by atoms with Crippen LogP contribution in [0.4, 0.5) is 17.1 Å². The Morgan fingerprint density at radius 1 is 0.345 bits per heavy atom. The SMILES string of the molecule is c1ccc(-c2ccccc2N(c2ccc3c(c2)C2(CCCC2)c2ccccc2-3)c2cccc3c2C2(c4ccccc4-c4ccccc42)c2ccccc2-3)cc1. The van der Waals surface area contributed by atoms with Gasteiger partial charge in [0.25, 0.3) is 0 Å². The van der Waals surface area contributed by atoms with Crippen molar-refractivity contribution >= 4 is 17.1 Å². The van der Waals surface area contributed by atoms with Gasteiger partial charge in [-0.15, -0.1) is 0 Å². The second-order valence-corrected chi connectivity index (χ2v) is 15.9. The molecule has 1 heteroatoms. The molecule has 4 aliphatic rings. The Morgan fingerprint density at radius 3 is 1.47 bits per heavy atom. The van der Waals surface area contributed by atoms with Gasteiger partial charge in [-0.05, 0) is 104 Å². The van der Waals surface area contributed by atoms with Gasteiger partial charge in [-0.2, -0.15) is 0 Å². The second kappa shape index (κ2) is 11.5. The van der Waals surface area contributed by atoms with E-state index in [4.69, 9.17) is 0 Å². The van der Waals surface area contributed by atoms with Gasteiger partial charge in [-0.25, -0.2) is 0 Å². The molecule has 0 radical (unpaired) electrons. The van der Waals surface area contributed by atoms with Gasteiger partial charge < -0.3 is 4.90 Å². The third-order valence-corrected chi connectivity index (χ3v) is 13.4. The number of fused-ring (bicyclic) bond motifs is 15. The van der Waals surface area contributed by atoms with Crippen molar-refractivity contribution in [3.63, 3.8) is 0 Å². The Kier molecular flexibility index (Phi) is 6.49. The highest BCUT2D eigenvalue weighted by molar-refractivity contribution is 6.01. The van der Waals surface area contributed by atoms with Crippen LogP contribution in [0.15, 0.2) is 188 Å². The van der Waals surface area contributed by atoms with Gasteiger partial charge in [0.15, 0.2) is 0 Å². The maximum atomic E-state index is 2.62. The molecule has 8 aromatic carbocycles. The number of hydrogen-bond acceptors (Lipinski definition) is 1. The zero-order valence-corrected chi connectivity index (χ0v) is 30.7. The van der Waals surface area contributed by atoms with Crippen molar-refractivity contribution in [3.8, 4) is 44.5 Å². The quantitative estimate of drug-likeness (QED) is 0.177. The molecule has 0 unspecified atom stereocenters. The monoisotopic (exact) mass is 701 g/mol. The third kappa shape index (κ3) is 4.03. The van der Waals surface area contributed by atoms with E-state index >= 15 is 0 Å². The first-order chi connectivity index (χ1) is 27.3. The summed E-state index contributed by atoms with van der Waals surface area (Å²) in [7, 11) is 0. The largest absolute Gasteiger partial charge is 0.310 e. The topological polar surface area (TPSA) is 3.24 Å². The lowest BCUT2D eigenvalue weighted by atomic mass is 9.70. The van der Waals surface area contributed by atoms with Gasteiger partial charge in [-0.1, -0.05) is 177 Å². The molecule has 0 atom stereocenters. The maximum absolute atomic E-state index is 2.62. The lowest BCUT2D eigenvalue weighted by molar-refractivity contribution is 0.550. The normalized spacial score (nSPS) is 15.6. The van der Waals surface area contributed by atoms with Crippen LogP contribution in [0.5, 0.6) is 0 Å². The molecule has 0 saturated heterocycles. The lowest BCUT2D eigenvalue weighted by Gasteiger charge is -2.37. The van der Waals surface area contributed by atoms with Crippen LogP contribution in [0.1, 0.15) is 59.1 Å². The Bertz CT molecular complexity index is 2770. The number of rotatable bonds is 4. The Hall–Kier alpha value is -6.44. The highest BCUT2D eigenvalue weighted by Gasteiger charge is 2.53. The highest BCUT2D eigenvalue weighted by Crippen LogP contribution is 2.66. The van der Waals surface area contributed by atoms with E-state index in [9.17, 15) is 0 Å². The molecule has 4 aliphatic carbocycles. The molecule has 0 aromatic heterocycles. The summed E-state index contributed by atoms with van der Waals surface area (Å²) >= 11 is 0. The van der Waals surface area contributed by atoms with E-state index in [2.05, 4.69) is 193 Å². The van der Waals surface area contributed by atoms with Crippen LogP contribution in [-0.2, 0) is 10.8 Å². The summed E-state index contributed by atoms with van der Waals surface area (Å²) < 4.78 is 0. The van der Waals surface area contributed by atoms with Gasteiger partial charge in [0.2, 0.25) is 0 Å². The van der Waals surface area contributed by atoms with Crippen LogP contribution in [0.2, 0.25) is 0 Å². The molecule has 0 aliphatic heterocycles. The molecular weight excluding hydrogens is 663 g/mol. The molecule has 260 valence electrons. The van der Waals surface area contributed by atoms with E-state index in [1.807, 2.05) is 0 Å². The fourth-order valence-electron chi connectivity index (χ4n) is 11.4. The summed E-state index contributed by atoms with van der Waals surface area (Å²) in [5, 5.41) is 0. The molecule has 0 N–H and O–H groups in total. The minimum absolute atomic E-state index is 0.0615. The van der Waals surface area contributed by atoms with Crippen LogP contribution in [0.25, 0.3) is 44.5 Å². The fourth-order valence-corrected chi connectivity index (χ4v) is 11.4. The number of benzene rings is 8. The van der Waals surface area contributed by atoms with Gasteiger partial charge in [0, 0.05) is 22.2 Å². The first-order valence-corrected chi connectivity index (χ1v) is 19.9. The average Bonchev–Trinajstić information content (AvgIpc) is 4.01. The molecule has 2 spiro atoms. The summed E-state index contributed by atoms with van der Waals surface area (Å²) in [5.74, 6) is 0. The molecule has 0 amide bonds. The van der Waals surface area contributed by atoms with Crippen molar-refractivity contribution in [1.29, 1.82) is 0 Å². The van der Waals surface area contributed by atoms with E-state index in [-0.39, 0.29) is 5.41 Å². The predicted molar refractivity (Wildman–Crippen MR) is 228 cm³/mol. The van der Waals surface area contributed by atoms with Crippen molar-refractivity contribution in [2.24, 2.45) is 0 Å². The second-order valence-electron chi connectivity index (χ2n) is 15.9. The summed E-state index contributed by atoms with van der Waals surface area (Å²) in [6.07, 6.45) is 4.94. The van der Waals surface area contributed by atoms with Gasteiger partial charge >= 0.3 is 0 Å². The molecular formula is C54H39N. The van der Waals surface area contributed by atoms with E-state index in [1.54, 1.807) is 0 Å². The molecule has 12 rings (SSSR count). The molecule has 0 heterocycles. The average molecular weight is 702 g/mol. The van der Waals surface area contributed by atoms with E-state index in [0.717, 1.165) is 0 Å². The molecule has 8 aromatic rings. The first-order valence-electron chi connectivity index (χ1n) is 19.9. The van der Waals surface area contributed by atoms with Gasteiger partial charge in [0.1, 0.15) is 0 Å². The van der Waals surface area contributed by atoms with Crippen LogP contribution >= 0.6 is 0 Å². The predicted octanol–water partition coefficient (Wildman–Crippen LogP) is 14.0. The molecule has 1 fully saturated rings. The number of para-hydroxylation sites is 1. The van der Waals surface area contributed by atoms with Crippen LogP contribution < -0.4 is 4.90 Å². The number of anilines is 3. The standard InChI is InChI=1S/C54H39N/c1-2-17-36(18-3-1)38-19-8-13-29-50(38)55(37-31-32-43-39-20-4-9-25-45(39)53(49(43)35-37)33-14-15-34-53)51-30-16-24-44-42-23-7-12-28-48(42)54(52(44)51)46-26-10-5-21-40(46)41-22-6-11-27-47(41)54/h1-13,16-32,35H,14-15,33-34H2. The van der Waals surface area contributed by atoms with Crippen molar-refractivity contribution in [2.45, 2.75) is 36.5 Å². The first kappa shape index (κ1) is 31.0. The van der Waals surface area contributed by atoms with Crippen molar-refractivity contribution in [2.75, 3.05) is 4.90 Å². The van der Waals surface area contributed by atoms with E-state index in [1.165, 1.54) is 121 Å². The van der Waals surface area contributed by atoms with Crippen LogP contribution in [-0.4, -0.2) is 0 Å². The Morgan fingerprint density at radius 2 is 0.818 bits per heavy atom. The van der Waals surface area contributed by atoms with E-state index in [0.29, 0.717) is 0 Å². The molecule has 55 heavy (non-hydrogen) atoms. The summed E-state index contributed by atoms with van der Waals surface area (Å²) in [5.41, 5.74) is 22.2. The molecule has 1 nitrogen and oxygen atoms in total. The Balaban J connectivity index is 1.19. The van der Waals surface area contributed by atoms with Gasteiger partial charge in [0.05, 0.1) is 16.8 Å². The Labute approximate surface area is 323 Å². The van der Waals surface area contributed by atoms with Gasteiger partial charge in [-0.3, -0.25) is 0 Å². The zero-order valence-electron chi connectivity index (χ0n) is 30.7. The minimum Gasteiger partial charge on any atom is -0.310 e. The van der Waals surface area contributed by atoms with Crippen molar-refractivity contribution in [1.82, 2.24) is 0 Å².